The van der Waals surface area contributed by atoms with Crippen LogP contribution in [0.25, 0.3) is 0 Å². The zero-order valence-electron chi connectivity index (χ0n) is 11.6. The maximum absolute atomic E-state index is 11.8. The molecule has 1 aliphatic carbocycles. The summed E-state index contributed by atoms with van der Waals surface area (Å²) in [6.07, 6.45) is 4.98. The van der Waals surface area contributed by atoms with Gasteiger partial charge in [0.25, 0.3) is 0 Å². The van der Waals surface area contributed by atoms with Crippen LogP contribution in [0.15, 0.2) is 24.3 Å². The van der Waals surface area contributed by atoms with Crippen molar-refractivity contribution in [3.63, 3.8) is 0 Å². The normalized spacial score (nSPS) is 17.4. The molecule has 0 heterocycles. The first-order chi connectivity index (χ1) is 9.15. The van der Waals surface area contributed by atoms with Crippen molar-refractivity contribution in [2.75, 3.05) is 0 Å². The quantitative estimate of drug-likeness (QED) is 0.856. The van der Waals surface area contributed by atoms with Crippen LogP contribution in [-0.2, 0) is 4.79 Å². The fourth-order valence-corrected chi connectivity index (χ4v) is 2.59. The lowest BCUT2D eigenvalue weighted by atomic mass is 10.0. The van der Waals surface area contributed by atoms with Gasteiger partial charge in [-0.3, -0.25) is 4.79 Å². The lowest BCUT2D eigenvalue weighted by Gasteiger charge is -2.14. The average molecular weight is 261 g/mol. The van der Waals surface area contributed by atoms with Gasteiger partial charge in [-0.25, -0.2) is 0 Å². The second-order valence-corrected chi connectivity index (χ2v) is 5.51. The Hall–Kier alpha value is -1.35. The smallest absolute Gasteiger partial charge is 0.220 e. The molecule has 0 aliphatic heterocycles. The van der Waals surface area contributed by atoms with Crippen molar-refractivity contribution in [2.45, 2.75) is 57.6 Å². The monoisotopic (exact) mass is 261 g/mol. The van der Waals surface area contributed by atoms with E-state index in [1.54, 1.807) is 0 Å². The summed E-state index contributed by atoms with van der Waals surface area (Å²) in [4.78, 5) is 11.8. The molecule has 1 unspecified atom stereocenters. The number of carbonyl (C=O) groups excluding carboxylic acids is 1. The van der Waals surface area contributed by atoms with Crippen molar-refractivity contribution in [3.05, 3.63) is 35.4 Å². The summed E-state index contributed by atoms with van der Waals surface area (Å²) in [5.41, 5.74) is 2.06. The molecule has 104 valence electrons. The number of rotatable bonds is 5. The minimum absolute atomic E-state index is 0.0676. The van der Waals surface area contributed by atoms with Crippen LogP contribution in [0, 0.1) is 6.92 Å². The van der Waals surface area contributed by atoms with E-state index in [1.807, 2.05) is 31.2 Å². The van der Waals surface area contributed by atoms with Gasteiger partial charge in [0.05, 0.1) is 6.10 Å². The maximum Gasteiger partial charge on any atom is 0.220 e. The number of aliphatic hydroxyl groups is 1. The Kier molecular flexibility index (Phi) is 4.97. The number of benzene rings is 1. The molecule has 1 aromatic carbocycles. The standard InChI is InChI=1S/C16H23NO2/c1-12-6-8-13(9-7-12)15(18)10-11-16(19)17-14-4-2-3-5-14/h6-9,14-15,18H,2-5,10-11H2,1H3,(H,17,19). The molecule has 0 radical (unpaired) electrons. The van der Waals surface area contributed by atoms with Crippen LogP contribution in [0.1, 0.15) is 55.8 Å². The van der Waals surface area contributed by atoms with Gasteiger partial charge in [-0.05, 0) is 31.7 Å². The first kappa shape index (κ1) is 14.1. The van der Waals surface area contributed by atoms with E-state index in [-0.39, 0.29) is 5.91 Å². The second-order valence-electron chi connectivity index (χ2n) is 5.51. The molecule has 0 aromatic heterocycles. The van der Waals surface area contributed by atoms with Crippen LogP contribution in [0.3, 0.4) is 0 Å². The first-order valence-corrected chi connectivity index (χ1v) is 7.19. The van der Waals surface area contributed by atoms with E-state index in [4.69, 9.17) is 0 Å². The van der Waals surface area contributed by atoms with E-state index in [2.05, 4.69) is 5.32 Å². The number of carbonyl (C=O) groups is 1. The number of nitrogens with one attached hydrogen (secondary N) is 1. The molecule has 0 bridgehead atoms. The van der Waals surface area contributed by atoms with Crippen molar-refractivity contribution in [1.82, 2.24) is 5.32 Å². The van der Waals surface area contributed by atoms with E-state index in [1.165, 1.54) is 18.4 Å². The SMILES string of the molecule is Cc1ccc(C(O)CCC(=O)NC2CCCC2)cc1. The van der Waals surface area contributed by atoms with Gasteiger partial charge in [0.2, 0.25) is 5.91 Å². The van der Waals surface area contributed by atoms with Gasteiger partial charge >= 0.3 is 0 Å². The number of amides is 1. The van der Waals surface area contributed by atoms with Crippen LogP contribution >= 0.6 is 0 Å². The van der Waals surface area contributed by atoms with Gasteiger partial charge < -0.3 is 10.4 Å². The molecule has 2 N–H and O–H groups in total. The van der Waals surface area contributed by atoms with E-state index in [0.717, 1.165) is 18.4 Å². The van der Waals surface area contributed by atoms with Crippen molar-refractivity contribution in [1.29, 1.82) is 0 Å². The number of hydrogen-bond donors (Lipinski definition) is 2. The molecule has 1 fully saturated rings. The van der Waals surface area contributed by atoms with Gasteiger partial charge in [0.15, 0.2) is 0 Å². The summed E-state index contributed by atoms with van der Waals surface area (Å²) >= 11 is 0. The highest BCUT2D eigenvalue weighted by molar-refractivity contribution is 5.76. The molecule has 3 heteroatoms. The predicted octanol–water partition coefficient (Wildman–Crippen LogP) is 2.87. The Bertz CT molecular complexity index is 407. The van der Waals surface area contributed by atoms with Gasteiger partial charge in [-0.1, -0.05) is 42.7 Å². The van der Waals surface area contributed by atoms with Crippen molar-refractivity contribution < 1.29 is 9.90 Å². The summed E-state index contributed by atoms with van der Waals surface area (Å²) in [6, 6.07) is 8.18. The molecule has 2 rings (SSSR count). The Morgan fingerprint density at radius 1 is 1.32 bits per heavy atom. The predicted molar refractivity (Wildman–Crippen MR) is 75.8 cm³/mol. The highest BCUT2D eigenvalue weighted by Crippen LogP contribution is 2.20. The Balaban J connectivity index is 1.74. The van der Waals surface area contributed by atoms with E-state index in [9.17, 15) is 9.90 Å². The zero-order valence-corrected chi connectivity index (χ0v) is 11.6. The van der Waals surface area contributed by atoms with Crippen LogP contribution < -0.4 is 5.32 Å². The second kappa shape index (κ2) is 6.71. The molecule has 1 aromatic rings. The minimum atomic E-state index is -0.546. The molecule has 0 saturated heterocycles. The fraction of sp³-hybridized carbons (Fsp3) is 0.562. The zero-order chi connectivity index (χ0) is 13.7. The Morgan fingerprint density at radius 3 is 2.58 bits per heavy atom. The van der Waals surface area contributed by atoms with Crippen LogP contribution in [-0.4, -0.2) is 17.1 Å². The third-order valence-corrected chi connectivity index (χ3v) is 3.83. The van der Waals surface area contributed by atoms with Gasteiger partial charge in [0, 0.05) is 12.5 Å². The third kappa shape index (κ3) is 4.35. The summed E-state index contributed by atoms with van der Waals surface area (Å²) < 4.78 is 0. The van der Waals surface area contributed by atoms with Crippen molar-refractivity contribution in [3.8, 4) is 0 Å². The lowest BCUT2D eigenvalue weighted by Crippen LogP contribution is -2.32. The lowest BCUT2D eigenvalue weighted by molar-refractivity contribution is -0.122. The first-order valence-electron chi connectivity index (χ1n) is 7.19. The summed E-state index contributed by atoms with van der Waals surface area (Å²) in [5.74, 6) is 0.0676. The number of hydrogen-bond acceptors (Lipinski definition) is 2. The van der Waals surface area contributed by atoms with E-state index >= 15 is 0 Å². The van der Waals surface area contributed by atoms with Gasteiger partial charge in [0.1, 0.15) is 0 Å². The summed E-state index contributed by atoms with van der Waals surface area (Å²) in [5, 5.41) is 13.1. The highest BCUT2D eigenvalue weighted by atomic mass is 16.3. The fourth-order valence-electron chi connectivity index (χ4n) is 2.59. The Labute approximate surface area is 115 Å². The van der Waals surface area contributed by atoms with Crippen molar-refractivity contribution >= 4 is 5.91 Å². The molecular formula is C16H23NO2. The average Bonchev–Trinajstić information content (AvgIpc) is 2.89. The molecule has 3 nitrogen and oxygen atoms in total. The van der Waals surface area contributed by atoms with E-state index < -0.39 is 6.10 Å². The molecular weight excluding hydrogens is 238 g/mol. The highest BCUT2D eigenvalue weighted by Gasteiger charge is 2.17. The number of aliphatic hydroxyl groups excluding tert-OH is 1. The summed E-state index contributed by atoms with van der Waals surface area (Å²) in [7, 11) is 0. The van der Waals surface area contributed by atoms with Crippen molar-refractivity contribution in [2.24, 2.45) is 0 Å². The minimum Gasteiger partial charge on any atom is -0.388 e. The molecule has 1 aliphatic rings. The molecule has 1 atom stereocenters. The molecule has 19 heavy (non-hydrogen) atoms. The topological polar surface area (TPSA) is 49.3 Å². The summed E-state index contributed by atoms with van der Waals surface area (Å²) in [6.45, 7) is 2.02. The largest absolute Gasteiger partial charge is 0.388 e. The van der Waals surface area contributed by atoms with E-state index in [0.29, 0.717) is 18.9 Å². The Morgan fingerprint density at radius 2 is 1.95 bits per heavy atom. The molecule has 0 spiro atoms. The van der Waals surface area contributed by atoms with Crippen LogP contribution in [0.2, 0.25) is 0 Å². The van der Waals surface area contributed by atoms with Crippen LogP contribution in [0.4, 0.5) is 0 Å². The van der Waals surface area contributed by atoms with Gasteiger partial charge in [-0.2, -0.15) is 0 Å². The number of aryl methyl sites for hydroxylation is 1. The third-order valence-electron chi connectivity index (χ3n) is 3.83. The maximum atomic E-state index is 11.8. The van der Waals surface area contributed by atoms with Gasteiger partial charge in [-0.15, -0.1) is 0 Å². The molecule has 1 saturated carbocycles. The molecule has 1 amide bonds. The van der Waals surface area contributed by atoms with Crippen LogP contribution in [0.5, 0.6) is 0 Å².